The van der Waals surface area contributed by atoms with Gasteiger partial charge in [-0.25, -0.2) is 0 Å². The van der Waals surface area contributed by atoms with Gasteiger partial charge in [0.15, 0.2) is 0 Å². The third kappa shape index (κ3) is 3.84. The number of ether oxygens (including phenoxy) is 1. The molecule has 1 aliphatic carbocycles. The molecule has 0 aromatic carbocycles. The maximum absolute atomic E-state index is 12.1. The summed E-state index contributed by atoms with van der Waals surface area (Å²) in [5, 5.41) is 3.22. The number of halogens is 1. The number of nitrogens with zero attached hydrogens (tertiary/aromatic N) is 1. The van der Waals surface area contributed by atoms with E-state index in [1.54, 1.807) is 0 Å². The lowest BCUT2D eigenvalue weighted by atomic mass is 9.96. The summed E-state index contributed by atoms with van der Waals surface area (Å²) in [5.74, 6) is 1.23. The number of amides is 1. The molecule has 1 saturated heterocycles. The SMILES string of the molecule is CCOC1CC1C(=O)N1CCC(CNC)CC1.Cl. The van der Waals surface area contributed by atoms with Gasteiger partial charge < -0.3 is 15.0 Å². The van der Waals surface area contributed by atoms with Gasteiger partial charge in [0.25, 0.3) is 0 Å². The molecule has 1 heterocycles. The second-order valence-electron chi connectivity index (χ2n) is 5.16. The molecule has 0 bridgehead atoms. The Hall–Kier alpha value is -0.320. The smallest absolute Gasteiger partial charge is 0.228 e. The molecule has 2 atom stereocenters. The van der Waals surface area contributed by atoms with Crippen molar-refractivity contribution in [3.63, 3.8) is 0 Å². The van der Waals surface area contributed by atoms with Gasteiger partial charge in [-0.1, -0.05) is 0 Å². The summed E-state index contributed by atoms with van der Waals surface area (Å²) in [4.78, 5) is 14.2. The fourth-order valence-electron chi connectivity index (χ4n) is 2.71. The van der Waals surface area contributed by atoms with E-state index in [0.717, 1.165) is 51.4 Å². The molecule has 2 rings (SSSR count). The molecule has 0 spiro atoms. The number of rotatable bonds is 5. The van der Waals surface area contributed by atoms with E-state index in [4.69, 9.17) is 4.74 Å². The number of nitrogens with one attached hydrogen (secondary N) is 1. The molecule has 1 aliphatic heterocycles. The van der Waals surface area contributed by atoms with Gasteiger partial charge in [0, 0.05) is 19.7 Å². The first-order chi connectivity index (χ1) is 8.26. The second-order valence-corrected chi connectivity index (χ2v) is 5.16. The average Bonchev–Trinajstić information content (AvgIpc) is 3.10. The van der Waals surface area contributed by atoms with Gasteiger partial charge in [0.2, 0.25) is 5.91 Å². The van der Waals surface area contributed by atoms with Crippen LogP contribution in [-0.2, 0) is 9.53 Å². The molecule has 1 amide bonds. The highest BCUT2D eigenvalue weighted by molar-refractivity contribution is 5.85. The lowest BCUT2D eigenvalue weighted by molar-refractivity contribution is -0.135. The fraction of sp³-hybridized carbons (Fsp3) is 0.923. The van der Waals surface area contributed by atoms with E-state index in [1.165, 1.54) is 0 Å². The molecule has 1 N–H and O–H groups in total. The molecule has 5 heteroatoms. The van der Waals surface area contributed by atoms with Crippen LogP contribution in [0.4, 0.5) is 0 Å². The van der Waals surface area contributed by atoms with E-state index < -0.39 is 0 Å². The predicted octanol–water partition coefficient (Wildman–Crippen LogP) is 1.29. The van der Waals surface area contributed by atoms with Gasteiger partial charge in [-0.15, -0.1) is 12.4 Å². The minimum absolute atomic E-state index is 0. The molecule has 4 nitrogen and oxygen atoms in total. The van der Waals surface area contributed by atoms with Gasteiger partial charge in [-0.3, -0.25) is 4.79 Å². The van der Waals surface area contributed by atoms with Crippen LogP contribution < -0.4 is 5.32 Å². The van der Waals surface area contributed by atoms with Crippen LogP contribution in [0.1, 0.15) is 26.2 Å². The number of piperidine rings is 1. The Kier molecular flexibility index (Phi) is 6.39. The van der Waals surface area contributed by atoms with Crippen molar-refractivity contribution in [2.45, 2.75) is 32.3 Å². The van der Waals surface area contributed by atoms with Crippen molar-refractivity contribution >= 4 is 18.3 Å². The average molecular weight is 277 g/mol. The Bertz CT molecular complexity index is 268. The predicted molar refractivity (Wildman–Crippen MR) is 74.0 cm³/mol. The zero-order valence-corrected chi connectivity index (χ0v) is 12.2. The molecule has 0 aromatic rings. The minimum atomic E-state index is 0. The molecule has 1 saturated carbocycles. The summed E-state index contributed by atoms with van der Waals surface area (Å²) >= 11 is 0. The van der Waals surface area contributed by atoms with Crippen LogP contribution in [-0.4, -0.2) is 50.2 Å². The number of carbonyl (C=O) groups excluding carboxylic acids is 1. The van der Waals surface area contributed by atoms with Crippen molar-refractivity contribution in [1.82, 2.24) is 10.2 Å². The van der Waals surface area contributed by atoms with Crippen molar-refractivity contribution in [1.29, 1.82) is 0 Å². The van der Waals surface area contributed by atoms with Gasteiger partial charge in [-0.05, 0) is 45.7 Å². The van der Waals surface area contributed by atoms with Crippen LogP contribution in [0.5, 0.6) is 0 Å². The third-order valence-electron chi connectivity index (χ3n) is 3.85. The Balaban J connectivity index is 0.00000162. The normalized spacial score (nSPS) is 27.8. The second kappa shape index (κ2) is 7.31. The van der Waals surface area contributed by atoms with Gasteiger partial charge in [-0.2, -0.15) is 0 Å². The standard InChI is InChI=1S/C13H24N2O2.ClH/c1-3-17-12-8-11(12)13(16)15-6-4-10(5-7-15)9-14-2;/h10-12,14H,3-9H2,1-2H3;1H. The van der Waals surface area contributed by atoms with Crippen LogP contribution in [0.25, 0.3) is 0 Å². The largest absolute Gasteiger partial charge is 0.378 e. The highest BCUT2D eigenvalue weighted by atomic mass is 35.5. The summed E-state index contributed by atoms with van der Waals surface area (Å²) in [7, 11) is 1.99. The zero-order valence-electron chi connectivity index (χ0n) is 11.4. The van der Waals surface area contributed by atoms with Gasteiger partial charge >= 0.3 is 0 Å². The van der Waals surface area contributed by atoms with Crippen LogP contribution in [0.3, 0.4) is 0 Å². The quantitative estimate of drug-likeness (QED) is 0.823. The maximum atomic E-state index is 12.1. The highest BCUT2D eigenvalue weighted by Crippen LogP contribution is 2.36. The van der Waals surface area contributed by atoms with Gasteiger partial charge in [0.1, 0.15) is 0 Å². The van der Waals surface area contributed by atoms with Crippen molar-refractivity contribution in [2.75, 3.05) is 33.3 Å². The van der Waals surface area contributed by atoms with E-state index in [1.807, 2.05) is 18.9 Å². The number of likely N-dealkylation sites (tertiary alicyclic amines) is 1. The van der Waals surface area contributed by atoms with Crippen LogP contribution >= 0.6 is 12.4 Å². The highest BCUT2D eigenvalue weighted by Gasteiger charge is 2.46. The monoisotopic (exact) mass is 276 g/mol. The van der Waals surface area contributed by atoms with Crippen LogP contribution in [0, 0.1) is 11.8 Å². The fourth-order valence-corrected chi connectivity index (χ4v) is 2.71. The van der Waals surface area contributed by atoms with E-state index in [2.05, 4.69) is 5.32 Å². The maximum Gasteiger partial charge on any atom is 0.228 e. The van der Waals surface area contributed by atoms with Crippen LogP contribution in [0.15, 0.2) is 0 Å². The van der Waals surface area contributed by atoms with E-state index >= 15 is 0 Å². The first-order valence-corrected chi connectivity index (χ1v) is 6.81. The first-order valence-electron chi connectivity index (χ1n) is 6.81. The molecule has 18 heavy (non-hydrogen) atoms. The summed E-state index contributed by atoms with van der Waals surface area (Å²) in [6.45, 7) is 5.65. The first kappa shape index (κ1) is 15.7. The van der Waals surface area contributed by atoms with Crippen molar-refractivity contribution in [3.8, 4) is 0 Å². The summed E-state index contributed by atoms with van der Waals surface area (Å²) in [6.07, 6.45) is 3.42. The number of hydrogen-bond acceptors (Lipinski definition) is 3. The Morgan fingerprint density at radius 1 is 1.39 bits per heavy atom. The van der Waals surface area contributed by atoms with Crippen molar-refractivity contribution in [2.24, 2.45) is 11.8 Å². The zero-order chi connectivity index (χ0) is 12.3. The Labute approximate surface area is 116 Å². The van der Waals surface area contributed by atoms with Crippen LogP contribution in [0.2, 0.25) is 0 Å². The number of carbonyl (C=O) groups is 1. The molecule has 2 fully saturated rings. The lowest BCUT2D eigenvalue weighted by Crippen LogP contribution is -2.41. The minimum Gasteiger partial charge on any atom is -0.378 e. The summed E-state index contributed by atoms with van der Waals surface area (Å²) in [5.41, 5.74) is 0. The molecule has 106 valence electrons. The van der Waals surface area contributed by atoms with Gasteiger partial charge in [0.05, 0.1) is 12.0 Å². The van der Waals surface area contributed by atoms with E-state index in [0.29, 0.717) is 5.91 Å². The molecule has 2 aliphatic rings. The Morgan fingerprint density at radius 2 is 2.06 bits per heavy atom. The molecular formula is C13H25ClN2O2. The Morgan fingerprint density at radius 3 is 2.61 bits per heavy atom. The molecule has 2 unspecified atom stereocenters. The van der Waals surface area contributed by atoms with Crippen molar-refractivity contribution < 1.29 is 9.53 Å². The molecule has 0 aromatic heterocycles. The molecule has 0 radical (unpaired) electrons. The molecular weight excluding hydrogens is 252 g/mol. The topological polar surface area (TPSA) is 41.6 Å². The summed E-state index contributed by atoms with van der Waals surface area (Å²) < 4.78 is 5.48. The lowest BCUT2D eigenvalue weighted by Gasteiger charge is -2.32. The van der Waals surface area contributed by atoms with E-state index in [-0.39, 0.29) is 24.4 Å². The van der Waals surface area contributed by atoms with Crippen molar-refractivity contribution in [3.05, 3.63) is 0 Å². The number of hydrogen-bond donors (Lipinski definition) is 1. The third-order valence-corrected chi connectivity index (χ3v) is 3.85. The van der Waals surface area contributed by atoms with E-state index in [9.17, 15) is 4.79 Å². The summed E-state index contributed by atoms with van der Waals surface area (Å²) in [6, 6.07) is 0.